The van der Waals surface area contributed by atoms with Gasteiger partial charge in [-0.1, -0.05) is 12.1 Å². The Balaban J connectivity index is 2.19. The fraction of sp³-hybridized carbons (Fsp3) is 0.400. The molecule has 3 rings (SSSR count). The van der Waals surface area contributed by atoms with Crippen LogP contribution in [0.4, 0.5) is 5.69 Å². The molecule has 2 heterocycles. The molecule has 0 amide bonds. The molecular formula is C15H19N3. The van der Waals surface area contributed by atoms with Gasteiger partial charge in [-0.2, -0.15) is 0 Å². The highest BCUT2D eigenvalue weighted by Gasteiger charge is 2.15. The molecular weight excluding hydrogens is 222 g/mol. The van der Waals surface area contributed by atoms with Gasteiger partial charge in [0.05, 0.1) is 5.52 Å². The number of hydrogen-bond donors (Lipinski definition) is 1. The van der Waals surface area contributed by atoms with E-state index in [0.29, 0.717) is 0 Å². The van der Waals surface area contributed by atoms with Gasteiger partial charge in [-0.15, -0.1) is 0 Å². The van der Waals surface area contributed by atoms with Crippen molar-refractivity contribution in [3.63, 3.8) is 0 Å². The second-order valence-electron chi connectivity index (χ2n) is 4.99. The molecule has 2 aromatic rings. The summed E-state index contributed by atoms with van der Waals surface area (Å²) in [6, 6.07) is 6.51. The third-order valence-corrected chi connectivity index (χ3v) is 3.74. The zero-order chi connectivity index (χ0) is 12.5. The van der Waals surface area contributed by atoms with E-state index in [2.05, 4.69) is 47.2 Å². The van der Waals surface area contributed by atoms with Crippen LogP contribution in [0, 0.1) is 13.8 Å². The number of rotatable bonds is 1. The van der Waals surface area contributed by atoms with Gasteiger partial charge >= 0.3 is 0 Å². The third kappa shape index (κ3) is 1.85. The highest BCUT2D eigenvalue weighted by molar-refractivity contribution is 5.96. The summed E-state index contributed by atoms with van der Waals surface area (Å²) in [5.41, 5.74) is 5.05. The van der Waals surface area contributed by atoms with Crippen LogP contribution in [0.15, 0.2) is 24.4 Å². The first-order chi connectivity index (χ1) is 8.77. The lowest BCUT2D eigenvalue weighted by Crippen LogP contribution is -2.43. The van der Waals surface area contributed by atoms with Crippen LogP contribution in [0.25, 0.3) is 10.9 Å². The topological polar surface area (TPSA) is 28.2 Å². The Morgan fingerprint density at radius 3 is 2.56 bits per heavy atom. The number of nitrogens with one attached hydrogen (secondary N) is 1. The smallest absolute Gasteiger partial charge is 0.0754 e. The lowest BCUT2D eigenvalue weighted by molar-refractivity contribution is 0.590. The second kappa shape index (κ2) is 4.58. The predicted octanol–water partition coefficient (Wildman–Crippen LogP) is 2.26. The van der Waals surface area contributed by atoms with Gasteiger partial charge in [0, 0.05) is 43.4 Å². The van der Waals surface area contributed by atoms with Gasteiger partial charge in [-0.25, -0.2) is 0 Å². The lowest BCUT2D eigenvalue weighted by atomic mass is 10.0. The van der Waals surface area contributed by atoms with Crippen molar-refractivity contribution in [1.82, 2.24) is 10.3 Å². The molecule has 0 unspecified atom stereocenters. The summed E-state index contributed by atoms with van der Waals surface area (Å²) >= 11 is 0. The van der Waals surface area contributed by atoms with Crippen LogP contribution in [-0.2, 0) is 0 Å². The van der Waals surface area contributed by atoms with Crippen molar-refractivity contribution in [3.8, 4) is 0 Å². The van der Waals surface area contributed by atoms with Crippen molar-refractivity contribution in [2.75, 3.05) is 31.1 Å². The van der Waals surface area contributed by atoms with E-state index in [-0.39, 0.29) is 0 Å². The van der Waals surface area contributed by atoms with E-state index in [1.54, 1.807) is 0 Å². The normalized spacial score (nSPS) is 16.2. The molecule has 0 radical (unpaired) electrons. The van der Waals surface area contributed by atoms with Crippen LogP contribution in [0.3, 0.4) is 0 Å². The van der Waals surface area contributed by atoms with E-state index in [1.807, 2.05) is 6.20 Å². The largest absolute Gasteiger partial charge is 0.368 e. The number of aryl methyl sites for hydroxylation is 2. The number of fused-ring (bicyclic) bond motifs is 1. The summed E-state index contributed by atoms with van der Waals surface area (Å²) in [6.45, 7) is 8.59. The van der Waals surface area contributed by atoms with Crippen LogP contribution >= 0.6 is 0 Å². The van der Waals surface area contributed by atoms with Gasteiger partial charge in [-0.05, 0) is 31.0 Å². The predicted molar refractivity (Wildman–Crippen MR) is 76.3 cm³/mol. The number of aromatic nitrogens is 1. The number of nitrogens with zero attached hydrogens (tertiary/aromatic N) is 2. The standard InChI is InChI=1S/C15H19N3/c1-11-3-4-12(2)15-14(11)13(5-6-17-15)18-9-7-16-8-10-18/h3-6,16H,7-10H2,1-2H3. The number of benzene rings is 1. The molecule has 1 aromatic carbocycles. The Hall–Kier alpha value is -1.61. The Labute approximate surface area is 108 Å². The number of piperazine rings is 1. The van der Waals surface area contributed by atoms with Crippen LogP contribution in [0.2, 0.25) is 0 Å². The first kappa shape index (κ1) is 11.5. The Morgan fingerprint density at radius 1 is 1.06 bits per heavy atom. The van der Waals surface area contributed by atoms with Gasteiger partial charge in [0.15, 0.2) is 0 Å². The molecule has 0 saturated carbocycles. The first-order valence-electron chi connectivity index (χ1n) is 6.58. The van der Waals surface area contributed by atoms with Gasteiger partial charge in [0.2, 0.25) is 0 Å². The lowest BCUT2D eigenvalue weighted by Gasteiger charge is -2.30. The van der Waals surface area contributed by atoms with Gasteiger partial charge in [-0.3, -0.25) is 4.98 Å². The molecule has 3 heteroatoms. The van der Waals surface area contributed by atoms with Crippen molar-refractivity contribution in [2.24, 2.45) is 0 Å². The van der Waals surface area contributed by atoms with Crippen molar-refractivity contribution < 1.29 is 0 Å². The van der Waals surface area contributed by atoms with E-state index < -0.39 is 0 Å². The quantitative estimate of drug-likeness (QED) is 0.830. The summed E-state index contributed by atoms with van der Waals surface area (Å²) in [5.74, 6) is 0. The van der Waals surface area contributed by atoms with Crippen LogP contribution in [0.1, 0.15) is 11.1 Å². The Morgan fingerprint density at radius 2 is 1.78 bits per heavy atom. The van der Waals surface area contributed by atoms with Crippen molar-refractivity contribution >= 4 is 16.6 Å². The number of hydrogen-bond acceptors (Lipinski definition) is 3. The summed E-state index contributed by atoms with van der Waals surface area (Å²) in [7, 11) is 0. The minimum absolute atomic E-state index is 1.06. The van der Waals surface area contributed by atoms with E-state index in [1.165, 1.54) is 22.2 Å². The summed E-state index contributed by atoms with van der Waals surface area (Å²) in [6.07, 6.45) is 1.94. The van der Waals surface area contributed by atoms with E-state index in [0.717, 1.165) is 31.7 Å². The SMILES string of the molecule is Cc1ccc(C)c2c(N3CCNCC3)ccnc12. The van der Waals surface area contributed by atoms with Crippen LogP contribution in [0.5, 0.6) is 0 Å². The van der Waals surface area contributed by atoms with E-state index >= 15 is 0 Å². The second-order valence-corrected chi connectivity index (χ2v) is 4.99. The Kier molecular flexibility index (Phi) is 2.92. The summed E-state index contributed by atoms with van der Waals surface area (Å²) < 4.78 is 0. The molecule has 1 fully saturated rings. The summed E-state index contributed by atoms with van der Waals surface area (Å²) in [4.78, 5) is 7.02. The molecule has 1 aromatic heterocycles. The maximum Gasteiger partial charge on any atom is 0.0754 e. The molecule has 1 aliphatic rings. The number of anilines is 1. The molecule has 0 atom stereocenters. The molecule has 0 bridgehead atoms. The van der Waals surface area contributed by atoms with Crippen molar-refractivity contribution in [2.45, 2.75) is 13.8 Å². The molecule has 0 aliphatic carbocycles. The van der Waals surface area contributed by atoms with Gasteiger partial charge in [0.1, 0.15) is 0 Å². The minimum atomic E-state index is 1.06. The molecule has 1 saturated heterocycles. The zero-order valence-corrected chi connectivity index (χ0v) is 11.0. The fourth-order valence-electron chi connectivity index (χ4n) is 2.72. The highest BCUT2D eigenvalue weighted by Crippen LogP contribution is 2.30. The molecule has 18 heavy (non-hydrogen) atoms. The van der Waals surface area contributed by atoms with Crippen LogP contribution < -0.4 is 10.2 Å². The Bertz CT molecular complexity index is 571. The zero-order valence-electron chi connectivity index (χ0n) is 11.0. The van der Waals surface area contributed by atoms with Crippen molar-refractivity contribution in [3.05, 3.63) is 35.5 Å². The third-order valence-electron chi connectivity index (χ3n) is 3.74. The van der Waals surface area contributed by atoms with Gasteiger partial charge < -0.3 is 10.2 Å². The van der Waals surface area contributed by atoms with E-state index in [9.17, 15) is 0 Å². The highest BCUT2D eigenvalue weighted by atomic mass is 15.2. The van der Waals surface area contributed by atoms with Gasteiger partial charge in [0.25, 0.3) is 0 Å². The van der Waals surface area contributed by atoms with Crippen LogP contribution in [-0.4, -0.2) is 31.2 Å². The first-order valence-corrected chi connectivity index (χ1v) is 6.58. The average Bonchev–Trinajstić information content (AvgIpc) is 2.43. The minimum Gasteiger partial charge on any atom is -0.368 e. The fourth-order valence-corrected chi connectivity index (χ4v) is 2.72. The maximum atomic E-state index is 4.55. The molecule has 1 aliphatic heterocycles. The van der Waals surface area contributed by atoms with E-state index in [4.69, 9.17) is 0 Å². The molecule has 3 nitrogen and oxygen atoms in total. The molecule has 1 N–H and O–H groups in total. The molecule has 0 spiro atoms. The monoisotopic (exact) mass is 241 g/mol. The van der Waals surface area contributed by atoms with Crippen molar-refractivity contribution in [1.29, 1.82) is 0 Å². The maximum absolute atomic E-state index is 4.55. The molecule has 94 valence electrons. The average molecular weight is 241 g/mol. The number of pyridine rings is 1. The summed E-state index contributed by atoms with van der Waals surface area (Å²) in [5, 5.41) is 4.72.